The zero-order valence-corrected chi connectivity index (χ0v) is 13.0. The molecule has 1 aliphatic rings. The Hall–Kier alpha value is -1.31. The Morgan fingerprint density at radius 1 is 1.48 bits per heavy atom. The minimum absolute atomic E-state index is 0.205. The molecule has 0 aliphatic carbocycles. The Morgan fingerprint density at radius 3 is 2.86 bits per heavy atom. The van der Waals surface area contributed by atoms with Crippen LogP contribution in [0.5, 0.6) is 0 Å². The van der Waals surface area contributed by atoms with Crippen molar-refractivity contribution >= 4 is 19.5 Å². The molecule has 0 fully saturated rings. The van der Waals surface area contributed by atoms with Gasteiger partial charge in [-0.05, 0) is 24.5 Å². The summed E-state index contributed by atoms with van der Waals surface area (Å²) in [5, 5.41) is 1.06. The fourth-order valence-corrected chi connectivity index (χ4v) is 2.76. The van der Waals surface area contributed by atoms with Crippen molar-refractivity contribution in [1.29, 1.82) is 0 Å². The zero-order valence-electron chi connectivity index (χ0n) is 12.1. The maximum Gasteiger partial charge on any atom is 0.490 e. The SMILES string of the molecule is Cc1cnc2c(c1)CCC(=O)N2COP(=O)(O)ON(C)C. The van der Waals surface area contributed by atoms with Gasteiger partial charge in [0.1, 0.15) is 12.5 Å². The van der Waals surface area contributed by atoms with Crippen LogP contribution in [0.4, 0.5) is 5.82 Å². The van der Waals surface area contributed by atoms with Gasteiger partial charge in [-0.2, -0.15) is 9.69 Å². The first kappa shape index (κ1) is 16.1. The first-order valence-corrected chi connectivity index (χ1v) is 7.88. The highest BCUT2D eigenvalue weighted by Crippen LogP contribution is 2.44. The van der Waals surface area contributed by atoms with Crippen molar-refractivity contribution in [2.45, 2.75) is 19.8 Å². The molecule has 0 spiro atoms. The number of pyridine rings is 1. The lowest BCUT2D eigenvalue weighted by molar-refractivity contribution is -0.119. The van der Waals surface area contributed by atoms with Gasteiger partial charge in [-0.15, -0.1) is 0 Å². The van der Waals surface area contributed by atoms with Crippen LogP contribution in [0, 0.1) is 6.92 Å². The van der Waals surface area contributed by atoms with Crippen molar-refractivity contribution in [1.82, 2.24) is 10.0 Å². The monoisotopic (exact) mass is 315 g/mol. The number of hydrogen-bond acceptors (Lipinski definition) is 6. The Kier molecular flexibility index (Phi) is 4.75. The van der Waals surface area contributed by atoms with Gasteiger partial charge < -0.3 is 4.89 Å². The molecule has 1 aromatic rings. The van der Waals surface area contributed by atoms with E-state index in [1.165, 1.54) is 19.0 Å². The van der Waals surface area contributed by atoms with Crippen LogP contribution < -0.4 is 4.90 Å². The maximum atomic E-state index is 12.0. The summed E-state index contributed by atoms with van der Waals surface area (Å²) in [4.78, 5) is 26.9. The van der Waals surface area contributed by atoms with E-state index in [0.717, 1.165) is 16.2 Å². The summed E-state index contributed by atoms with van der Waals surface area (Å²) in [5.74, 6) is 0.255. The average Bonchev–Trinajstić information content (AvgIpc) is 2.36. The minimum atomic E-state index is -4.26. The summed E-state index contributed by atoms with van der Waals surface area (Å²) >= 11 is 0. The number of hydrogen-bond donors (Lipinski definition) is 1. The molecule has 21 heavy (non-hydrogen) atoms. The number of carbonyl (C=O) groups is 1. The molecule has 116 valence electrons. The third-order valence-electron chi connectivity index (χ3n) is 2.86. The normalized spacial score (nSPS) is 17.8. The number of nitrogens with zero attached hydrogens (tertiary/aromatic N) is 3. The highest BCUT2D eigenvalue weighted by molar-refractivity contribution is 7.47. The zero-order chi connectivity index (χ0) is 15.6. The predicted octanol–water partition coefficient (Wildman–Crippen LogP) is 1.24. The number of rotatable bonds is 5. The molecule has 0 aromatic carbocycles. The number of carbonyl (C=O) groups excluding carboxylic acids is 1. The van der Waals surface area contributed by atoms with Gasteiger partial charge in [0.25, 0.3) is 0 Å². The van der Waals surface area contributed by atoms with Gasteiger partial charge in [0.15, 0.2) is 0 Å². The molecule has 1 aliphatic heterocycles. The van der Waals surface area contributed by atoms with E-state index in [0.29, 0.717) is 18.7 Å². The fourth-order valence-electron chi connectivity index (χ4n) is 2.04. The van der Waals surface area contributed by atoms with Gasteiger partial charge in [-0.1, -0.05) is 6.07 Å². The fraction of sp³-hybridized carbons (Fsp3) is 0.500. The molecule has 0 saturated carbocycles. The number of aryl methyl sites for hydroxylation is 2. The van der Waals surface area contributed by atoms with Crippen LogP contribution in [0.2, 0.25) is 0 Å². The first-order chi connectivity index (χ1) is 9.78. The number of anilines is 1. The molecule has 8 nitrogen and oxygen atoms in total. The van der Waals surface area contributed by atoms with Gasteiger partial charge >= 0.3 is 7.82 Å². The number of amides is 1. The van der Waals surface area contributed by atoms with Crippen LogP contribution in [0.15, 0.2) is 12.3 Å². The van der Waals surface area contributed by atoms with Gasteiger partial charge in [0.2, 0.25) is 5.91 Å². The van der Waals surface area contributed by atoms with E-state index < -0.39 is 7.82 Å². The lowest BCUT2D eigenvalue weighted by Crippen LogP contribution is -2.37. The quantitative estimate of drug-likeness (QED) is 0.645. The van der Waals surface area contributed by atoms with Crippen molar-refractivity contribution in [2.24, 2.45) is 0 Å². The van der Waals surface area contributed by atoms with Crippen molar-refractivity contribution in [3.63, 3.8) is 0 Å². The molecule has 1 aromatic heterocycles. The molecule has 0 radical (unpaired) electrons. The molecule has 0 saturated heterocycles. The van der Waals surface area contributed by atoms with E-state index in [4.69, 9.17) is 4.52 Å². The van der Waals surface area contributed by atoms with Gasteiger partial charge in [0.05, 0.1) is 0 Å². The number of phosphoric acid groups is 1. The molecule has 0 bridgehead atoms. The molecule has 1 N–H and O–H groups in total. The summed E-state index contributed by atoms with van der Waals surface area (Å²) in [6.07, 6.45) is 2.55. The summed E-state index contributed by atoms with van der Waals surface area (Å²) in [6.45, 7) is 1.53. The van der Waals surface area contributed by atoms with E-state index in [1.54, 1.807) is 6.20 Å². The number of phosphoric ester groups is 1. The summed E-state index contributed by atoms with van der Waals surface area (Å²) < 4.78 is 21.1. The van der Waals surface area contributed by atoms with E-state index in [1.807, 2.05) is 13.0 Å². The molecular weight excluding hydrogens is 297 g/mol. The largest absolute Gasteiger partial charge is 0.490 e. The molecule has 2 rings (SSSR count). The van der Waals surface area contributed by atoms with E-state index >= 15 is 0 Å². The highest BCUT2D eigenvalue weighted by Gasteiger charge is 2.30. The standard InChI is InChI=1S/C12H18N3O5P/c1-9-6-10-4-5-11(16)15(12(10)13-7-9)8-19-21(17,18)20-14(2)3/h6-7H,4-5,8H2,1-3H3,(H,17,18). The Bertz CT molecular complexity index is 592. The second-order valence-corrected chi connectivity index (χ2v) is 6.30. The van der Waals surface area contributed by atoms with Crippen LogP contribution in [-0.2, 0) is 24.9 Å². The topological polar surface area (TPSA) is 92.2 Å². The van der Waals surface area contributed by atoms with Crippen molar-refractivity contribution in [3.8, 4) is 0 Å². The number of aromatic nitrogens is 1. The van der Waals surface area contributed by atoms with Crippen molar-refractivity contribution < 1.29 is 23.4 Å². The van der Waals surface area contributed by atoms with E-state index in [-0.39, 0.29) is 12.6 Å². The maximum absolute atomic E-state index is 12.0. The van der Waals surface area contributed by atoms with Crippen LogP contribution in [-0.4, -0.2) is 41.7 Å². The van der Waals surface area contributed by atoms with Gasteiger partial charge in [-0.25, -0.2) is 9.55 Å². The molecule has 1 atom stereocenters. The van der Waals surface area contributed by atoms with E-state index in [9.17, 15) is 14.3 Å². The Labute approximate surface area is 122 Å². The minimum Gasteiger partial charge on any atom is -0.301 e. The molecule has 1 unspecified atom stereocenters. The highest BCUT2D eigenvalue weighted by atomic mass is 31.2. The number of hydroxylamine groups is 2. The molecule has 2 heterocycles. The van der Waals surface area contributed by atoms with Gasteiger partial charge in [0, 0.05) is 26.7 Å². The second-order valence-electron chi connectivity index (χ2n) is 4.94. The average molecular weight is 315 g/mol. The van der Waals surface area contributed by atoms with Crippen LogP contribution in [0.3, 0.4) is 0 Å². The third kappa shape index (κ3) is 4.09. The molecule has 1 amide bonds. The van der Waals surface area contributed by atoms with Crippen LogP contribution in [0.25, 0.3) is 0 Å². The van der Waals surface area contributed by atoms with E-state index in [2.05, 4.69) is 9.61 Å². The second kappa shape index (κ2) is 6.21. The molecular formula is C12H18N3O5P. The van der Waals surface area contributed by atoms with Crippen LogP contribution >= 0.6 is 7.82 Å². The summed E-state index contributed by atoms with van der Waals surface area (Å²) in [5.41, 5.74) is 1.91. The first-order valence-electron chi connectivity index (χ1n) is 6.39. The van der Waals surface area contributed by atoms with Crippen LogP contribution in [0.1, 0.15) is 17.5 Å². The third-order valence-corrected chi connectivity index (χ3v) is 3.84. The lowest BCUT2D eigenvalue weighted by atomic mass is 10.0. The predicted molar refractivity (Wildman–Crippen MR) is 75.3 cm³/mol. The lowest BCUT2D eigenvalue weighted by Gasteiger charge is -2.28. The van der Waals surface area contributed by atoms with Crippen molar-refractivity contribution in [2.75, 3.05) is 25.7 Å². The smallest absolute Gasteiger partial charge is 0.301 e. The number of fused-ring (bicyclic) bond motifs is 1. The van der Waals surface area contributed by atoms with Crippen molar-refractivity contribution in [3.05, 3.63) is 23.4 Å². The Balaban J connectivity index is 2.13. The van der Waals surface area contributed by atoms with Gasteiger partial charge in [-0.3, -0.25) is 14.2 Å². The molecule has 9 heteroatoms. The summed E-state index contributed by atoms with van der Waals surface area (Å²) in [7, 11) is -1.35. The Morgan fingerprint density at radius 2 is 2.19 bits per heavy atom. The summed E-state index contributed by atoms with van der Waals surface area (Å²) in [6, 6.07) is 1.94.